The summed E-state index contributed by atoms with van der Waals surface area (Å²) in [5.41, 5.74) is 0. The summed E-state index contributed by atoms with van der Waals surface area (Å²) in [7, 11) is 0. The number of hydrogen-bond acceptors (Lipinski definition) is 2. The molecule has 1 N–H and O–H groups in total. The Hall–Kier alpha value is -0.280. The Morgan fingerprint density at radius 1 is 1.77 bits per heavy atom. The Bertz CT molecular complexity index is 196. The molecule has 0 aromatic heterocycles. The minimum absolute atomic E-state index is 0.0336. The summed E-state index contributed by atoms with van der Waals surface area (Å²) >= 11 is 5.71. The van der Waals surface area contributed by atoms with E-state index in [0.29, 0.717) is 5.92 Å². The van der Waals surface area contributed by atoms with Crippen molar-refractivity contribution in [1.82, 2.24) is 4.90 Å². The first-order valence-corrected chi connectivity index (χ1v) is 5.07. The van der Waals surface area contributed by atoms with Gasteiger partial charge in [-0.25, -0.2) is 0 Å². The molecule has 0 radical (unpaired) electrons. The van der Waals surface area contributed by atoms with Gasteiger partial charge in [0.1, 0.15) is 5.38 Å². The van der Waals surface area contributed by atoms with E-state index in [4.69, 9.17) is 16.7 Å². The van der Waals surface area contributed by atoms with Gasteiger partial charge >= 0.3 is 0 Å². The number of carbonyl (C=O) groups excluding carboxylic acids is 1. The first-order chi connectivity index (χ1) is 6.07. The molecular weight excluding hydrogens is 190 g/mol. The van der Waals surface area contributed by atoms with Crippen LogP contribution in [0.3, 0.4) is 0 Å². The van der Waals surface area contributed by atoms with Gasteiger partial charge in [-0.1, -0.05) is 6.92 Å². The second kappa shape index (κ2) is 4.29. The Balaban J connectivity index is 2.65. The third-order valence-corrected chi connectivity index (χ3v) is 2.88. The smallest absolute Gasteiger partial charge is 0.240 e. The summed E-state index contributed by atoms with van der Waals surface area (Å²) in [5.74, 6) is 0.314. The summed E-state index contributed by atoms with van der Waals surface area (Å²) in [6.45, 7) is 4.48. The predicted octanol–water partition coefficient (Wildman–Crippen LogP) is 0.843. The van der Waals surface area contributed by atoms with Gasteiger partial charge in [0.25, 0.3) is 0 Å². The van der Waals surface area contributed by atoms with Gasteiger partial charge in [-0.15, -0.1) is 11.6 Å². The first-order valence-electron chi connectivity index (χ1n) is 4.63. The van der Waals surface area contributed by atoms with Gasteiger partial charge < -0.3 is 10.0 Å². The number of aliphatic hydroxyl groups is 1. The van der Waals surface area contributed by atoms with Crippen LogP contribution >= 0.6 is 11.6 Å². The monoisotopic (exact) mass is 205 g/mol. The summed E-state index contributed by atoms with van der Waals surface area (Å²) in [5, 5.41) is 8.61. The molecular formula is C9H16ClNO2. The highest BCUT2D eigenvalue weighted by Gasteiger charge is 2.34. The maximum atomic E-state index is 11.5. The number of nitrogens with zero attached hydrogens (tertiary/aromatic N) is 1. The highest BCUT2D eigenvalue weighted by atomic mass is 35.5. The second-order valence-corrected chi connectivity index (χ2v) is 4.32. The zero-order valence-corrected chi connectivity index (χ0v) is 8.79. The number of likely N-dealkylation sites (tertiary alicyclic amines) is 1. The topological polar surface area (TPSA) is 40.5 Å². The Morgan fingerprint density at radius 2 is 2.38 bits per heavy atom. The summed E-state index contributed by atoms with van der Waals surface area (Å²) in [4.78, 5) is 13.2. The van der Waals surface area contributed by atoms with Crippen LogP contribution in [-0.4, -0.2) is 40.5 Å². The minimum atomic E-state index is -0.487. The number of aliphatic hydroxyl groups excluding tert-OH is 1. The zero-order chi connectivity index (χ0) is 10.0. The fraction of sp³-hybridized carbons (Fsp3) is 0.889. The molecule has 13 heavy (non-hydrogen) atoms. The Labute approximate surface area is 83.7 Å². The molecule has 3 atom stereocenters. The Morgan fingerprint density at radius 3 is 2.85 bits per heavy atom. The van der Waals surface area contributed by atoms with Crippen molar-refractivity contribution in [3.05, 3.63) is 0 Å². The molecule has 1 amide bonds. The van der Waals surface area contributed by atoms with Gasteiger partial charge in [0.2, 0.25) is 5.91 Å². The molecule has 0 aromatic rings. The molecule has 3 unspecified atom stereocenters. The maximum Gasteiger partial charge on any atom is 0.240 e. The molecule has 3 nitrogen and oxygen atoms in total. The molecule has 0 saturated carbocycles. The predicted molar refractivity (Wildman–Crippen MR) is 51.7 cm³/mol. The van der Waals surface area contributed by atoms with E-state index in [2.05, 4.69) is 0 Å². The van der Waals surface area contributed by atoms with Gasteiger partial charge in [0.05, 0.1) is 12.6 Å². The van der Waals surface area contributed by atoms with E-state index in [1.807, 2.05) is 6.92 Å². The van der Waals surface area contributed by atoms with Gasteiger partial charge in [-0.3, -0.25) is 4.79 Å². The number of amides is 1. The van der Waals surface area contributed by atoms with Crippen molar-refractivity contribution in [3.63, 3.8) is 0 Å². The van der Waals surface area contributed by atoms with Crippen molar-refractivity contribution in [2.45, 2.75) is 31.7 Å². The van der Waals surface area contributed by atoms with Crippen LogP contribution in [0.15, 0.2) is 0 Å². The van der Waals surface area contributed by atoms with Gasteiger partial charge in [0.15, 0.2) is 0 Å². The van der Waals surface area contributed by atoms with Crippen LogP contribution in [0.2, 0.25) is 0 Å². The normalized spacial score (nSPS) is 30.6. The summed E-state index contributed by atoms with van der Waals surface area (Å²) in [6, 6.07) is -0.0336. The first kappa shape index (κ1) is 10.8. The third-order valence-electron chi connectivity index (χ3n) is 2.69. The van der Waals surface area contributed by atoms with E-state index in [1.165, 1.54) is 0 Å². The lowest BCUT2D eigenvalue weighted by Gasteiger charge is -2.26. The van der Waals surface area contributed by atoms with Crippen LogP contribution in [0.4, 0.5) is 0 Å². The largest absolute Gasteiger partial charge is 0.394 e. The molecule has 0 bridgehead atoms. The van der Waals surface area contributed by atoms with E-state index in [9.17, 15) is 4.79 Å². The number of carbonyl (C=O) groups is 1. The van der Waals surface area contributed by atoms with Crippen molar-refractivity contribution in [3.8, 4) is 0 Å². The van der Waals surface area contributed by atoms with Crippen molar-refractivity contribution in [2.75, 3.05) is 13.2 Å². The number of hydrogen-bond donors (Lipinski definition) is 1. The Kier molecular flexibility index (Phi) is 3.56. The molecule has 0 aliphatic carbocycles. The molecule has 76 valence electrons. The van der Waals surface area contributed by atoms with E-state index >= 15 is 0 Å². The molecule has 1 aliphatic heterocycles. The van der Waals surface area contributed by atoms with Crippen molar-refractivity contribution >= 4 is 17.5 Å². The summed E-state index contributed by atoms with van der Waals surface area (Å²) < 4.78 is 0. The van der Waals surface area contributed by atoms with Gasteiger partial charge in [0, 0.05) is 6.54 Å². The van der Waals surface area contributed by atoms with Crippen molar-refractivity contribution < 1.29 is 9.90 Å². The van der Waals surface area contributed by atoms with Gasteiger partial charge in [-0.2, -0.15) is 0 Å². The fourth-order valence-corrected chi connectivity index (χ4v) is 1.91. The van der Waals surface area contributed by atoms with E-state index in [1.54, 1.807) is 11.8 Å². The highest BCUT2D eigenvalue weighted by molar-refractivity contribution is 6.30. The molecule has 0 aromatic carbocycles. The quantitative estimate of drug-likeness (QED) is 0.679. The fourth-order valence-electron chi connectivity index (χ4n) is 1.79. The van der Waals surface area contributed by atoms with Crippen LogP contribution in [0.1, 0.15) is 20.3 Å². The second-order valence-electron chi connectivity index (χ2n) is 3.66. The molecule has 1 fully saturated rings. The summed E-state index contributed by atoms with van der Waals surface area (Å²) in [6.07, 6.45) is 0.959. The van der Waals surface area contributed by atoms with Crippen LogP contribution in [-0.2, 0) is 4.79 Å². The van der Waals surface area contributed by atoms with Crippen molar-refractivity contribution in [1.29, 1.82) is 0 Å². The lowest BCUT2D eigenvalue weighted by atomic mass is 10.0. The molecule has 1 aliphatic rings. The standard InChI is InChI=1S/C9H16ClNO2/c1-6-3-4-11(8(6)5-12)9(13)7(2)10/h6-8,12H,3-5H2,1-2H3. The van der Waals surface area contributed by atoms with Gasteiger partial charge in [-0.05, 0) is 19.3 Å². The van der Waals surface area contributed by atoms with E-state index < -0.39 is 5.38 Å². The minimum Gasteiger partial charge on any atom is -0.394 e. The van der Waals surface area contributed by atoms with E-state index in [0.717, 1.165) is 13.0 Å². The number of alkyl halides is 1. The molecule has 1 rings (SSSR count). The zero-order valence-electron chi connectivity index (χ0n) is 8.03. The molecule has 1 saturated heterocycles. The molecule has 0 spiro atoms. The van der Waals surface area contributed by atoms with Crippen LogP contribution < -0.4 is 0 Å². The third kappa shape index (κ3) is 2.15. The molecule has 4 heteroatoms. The SMILES string of the molecule is CC(Cl)C(=O)N1CCC(C)C1CO. The van der Waals surface area contributed by atoms with Crippen LogP contribution in [0.25, 0.3) is 0 Å². The lowest BCUT2D eigenvalue weighted by molar-refractivity contribution is -0.132. The maximum absolute atomic E-state index is 11.5. The number of halogens is 1. The average molecular weight is 206 g/mol. The lowest BCUT2D eigenvalue weighted by Crippen LogP contribution is -2.42. The number of rotatable bonds is 2. The highest BCUT2D eigenvalue weighted by Crippen LogP contribution is 2.24. The van der Waals surface area contributed by atoms with E-state index in [-0.39, 0.29) is 18.6 Å². The molecule has 1 heterocycles. The van der Waals surface area contributed by atoms with Crippen LogP contribution in [0, 0.1) is 5.92 Å². The average Bonchev–Trinajstić information content (AvgIpc) is 2.45. The van der Waals surface area contributed by atoms with Crippen molar-refractivity contribution in [2.24, 2.45) is 5.92 Å². The van der Waals surface area contributed by atoms with Crippen LogP contribution in [0.5, 0.6) is 0 Å².